The Labute approximate surface area is 88.7 Å². The second-order valence-electron chi connectivity index (χ2n) is 3.18. The van der Waals surface area contributed by atoms with Crippen LogP contribution in [0.2, 0.25) is 0 Å². The van der Waals surface area contributed by atoms with Gasteiger partial charge in [0.25, 0.3) is 0 Å². The van der Waals surface area contributed by atoms with Gasteiger partial charge in [0.2, 0.25) is 0 Å². The largest absolute Gasteiger partial charge is 0.341 e. The molecule has 0 aliphatic carbocycles. The topological polar surface area (TPSA) is 58.2 Å². The Bertz CT molecular complexity index is 349. The molecule has 2 amide bonds. The number of hydrogen-bond acceptors (Lipinski definition) is 2. The predicted octanol–water partition coefficient (Wildman–Crippen LogP) is 1.25. The van der Waals surface area contributed by atoms with Crippen molar-refractivity contribution in [2.24, 2.45) is 0 Å². The Hall–Kier alpha value is -1.84. The van der Waals surface area contributed by atoms with Crippen molar-refractivity contribution in [2.45, 2.75) is 13.0 Å². The molecule has 2 N–H and O–H groups in total. The maximum Gasteiger partial charge on any atom is 0.315 e. The van der Waals surface area contributed by atoms with E-state index in [4.69, 9.17) is 0 Å². The van der Waals surface area contributed by atoms with Gasteiger partial charge in [-0.25, -0.2) is 4.79 Å². The van der Waals surface area contributed by atoms with Crippen LogP contribution in [0.1, 0.15) is 18.5 Å². The summed E-state index contributed by atoms with van der Waals surface area (Å²) in [5.74, 6) is -0.0928. The van der Waals surface area contributed by atoms with Crippen molar-refractivity contribution in [1.82, 2.24) is 10.6 Å². The molecule has 1 aromatic carbocycles. The number of nitrogens with one attached hydrogen (secondary N) is 2. The van der Waals surface area contributed by atoms with Crippen LogP contribution < -0.4 is 10.6 Å². The number of urea groups is 1. The highest BCUT2D eigenvalue weighted by Gasteiger charge is 2.17. The lowest BCUT2D eigenvalue weighted by molar-refractivity contribution is -0.118. The zero-order valence-corrected chi connectivity index (χ0v) is 8.78. The zero-order chi connectivity index (χ0) is 11.3. The molecule has 0 unspecified atom stereocenters. The number of rotatable bonds is 3. The minimum Gasteiger partial charge on any atom is -0.341 e. The van der Waals surface area contributed by atoms with Crippen molar-refractivity contribution < 1.29 is 9.59 Å². The predicted molar refractivity (Wildman–Crippen MR) is 57.5 cm³/mol. The van der Waals surface area contributed by atoms with Crippen molar-refractivity contribution in [3.8, 4) is 0 Å². The summed E-state index contributed by atoms with van der Waals surface area (Å²) in [6, 6.07) is 8.20. The third-order valence-corrected chi connectivity index (χ3v) is 2.04. The molecule has 0 bridgehead atoms. The summed E-state index contributed by atoms with van der Waals surface area (Å²) < 4.78 is 0. The normalized spacial score (nSPS) is 11.6. The lowest BCUT2D eigenvalue weighted by atomic mass is 10.0. The fraction of sp³-hybridized carbons (Fsp3) is 0.273. The first-order valence-corrected chi connectivity index (χ1v) is 4.68. The molecule has 1 aromatic rings. The van der Waals surface area contributed by atoms with Crippen LogP contribution in [0.5, 0.6) is 0 Å². The molecule has 1 atom stereocenters. The number of carbonyl (C=O) groups is 2. The monoisotopic (exact) mass is 206 g/mol. The molecule has 0 heterocycles. The summed E-state index contributed by atoms with van der Waals surface area (Å²) in [6.07, 6.45) is 0. The van der Waals surface area contributed by atoms with E-state index in [1.54, 1.807) is 0 Å². The molecule has 1 rings (SSSR count). The van der Waals surface area contributed by atoms with Crippen molar-refractivity contribution in [2.75, 3.05) is 7.05 Å². The van der Waals surface area contributed by atoms with Gasteiger partial charge in [-0.3, -0.25) is 4.79 Å². The second kappa shape index (κ2) is 5.14. The molecular weight excluding hydrogens is 192 g/mol. The van der Waals surface area contributed by atoms with Crippen LogP contribution in [0.4, 0.5) is 4.79 Å². The van der Waals surface area contributed by atoms with Crippen LogP contribution in [0.15, 0.2) is 30.3 Å². The van der Waals surface area contributed by atoms with E-state index in [1.165, 1.54) is 14.0 Å². The van der Waals surface area contributed by atoms with Crippen molar-refractivity contribution >= 4 is 11.8 Å². The third-order valence-electron chi connectivity index (χ3n) is 2.04. The number of carbonyl (C=O) groups excluding carboxylic acids is 2. The molecule has 0 spiro atoms. The summed E-state index contributed by atoms with van der Waals surface area (Å²) in [7, 11) is 1.51. The molecule has 15 heavy (non-hydrogen) atoms. The highest BCUT2D eigenvalue weighted by Crippen LogP contribution is 2.12. The summed E-state index contributed by atoms with van der Waals surface area (Å²) in [5, 5.41) is 5.00. The number of benzene rings is 1. The standard InChI is InChI=1S/C11H14N2O2/c1-8(14)10(13-11(15)12-2)9-6-4-3-5-7-9/h3-7,10H,1-2H3,(H2,12,13,15)/t10-/m0/s1. The Morgan fingerprint density at radius 1 is 1.20 bits per heavy atom. The minimum absolute atomic E-state index is 0.0928. The molecule has 80 valence electrons. The maximum absolute atomic E-state index is 11.4. The average molecular weight is 206 g/mol. The molecule has 0 saturated heterocycles. The van der Waals surface area contributed by atoms with Gasteiger partial charge < -0.3 is 10.6 Å². The third kappa shape index (κ3) is 3.09. The molecule has 0 fully saturated rings. The Morgan fingerprint density at radius 3 is 2.27 bits per heavy atom. The van der Waals surface area contributed by atoms with E-state index in [2.05, 4.69) is 10.6 Å². The number of amides is 2. The van der Waals surface area contributed by atoms with Gasteiger partial charge in [-0.1, -0.05) is 30.3 Å². The molecular formula is C11H14N2O2. The molecule has 0 aliphatic heterocycles. The highest BCUT2D eigenvalue weighted by molar-refractivity contribution is 5.87. The highest BCUT2D eigenvalue weighted by atomic mass is 16.2. The van der Waals surface area contributed by atoms with Crippen molar-refractivity contribution in [3.63, 3.8) is 0 Å². The van der Waals surface area contributed by atoms with E-state index in [0.29, 0.717) is 0 Å². The van der Waals surface area contributed by atoms with E-state index >= 15 is 0 Å². The lowest BCUT2D eigenvalue weighted by Crippen LogP contribution is -2.38. The molecule has 4 nitrogen and oxygen atoms in total. The van der Waals surface area contributed by atoms with Crippen LogP contribution >= 0.6 is 0 Å². The molecule has 0 aliphatic rings. The second-order valence-corrected chi connectivity index (χ2v) is 3.18. The van der Waals surface area contributed by atoms with Gasteiger partial charge in [-0.15, -0.1) is 0 Å². The Morgan fingerprint density at radius 2 is 1.80 bits per heavy atom. The smallest absolute Gasteiger partial charge is 0.315 e. The first-order chi connectivity index (χ1) is 7.15. The lowest BCUT2D eigenvalue weighted by Gasteiger charge is -2.15. The van der Waals surface area contributed by atoms with E-state index < -0.39 is 6.04 Å². The average Bonchev–Trinajstić information content (AvgIpc) is 2.26. The van der Waals surface area contributed by atoms with E-state index in [-0.39, 0.29) is 11.8 Å². The maximum atomic E-state index is 11.4. The quantitative estimate of drug-likeness (QED) is 0.781. The number of Topliss-reactive ketones (excluding diaryl/α,β-unsaturated/α-hetero) is 1. The van der Waals surface area contributed by atoms with Gasteiger partial charge in [0.05, 0.1) is 0 Å². The fourth-order valence-corrected chi connectivity index (χ4v) is 1.27. The SMILES string of the molecule is CNC(=O)N[C@@H](C(C)=O)c1ccccc1. The van der Waals surface area contributed by atoms with Crippen LogP contribution in [-0.2, 0) is 4.79 Å². The van der Waals surface area contributed by atoms with E-state index in [9.17, 15) is 9.59 Å². The minimum atomic E-state index is -0.578. The van der Waals surface area contributed by atoms with Crippen LogP contribution in [0.25, 0.3) is 0 Å². The van der Waals surface area contributed by atoms with Gasteiger partial charge >= 0.3 is 6.03 Å². The summed E-state index contributed by atoms with van der Waals surface area (Å²) >= 11 is 0. The zero-order valence-electron chi connectivity index (χ0n) is 8.78. The Balaban J connectivity index is 2.84. The van der Waals surface area contributed by atoms with Crippen LogP contribution in [0, 0.1) is 0 Å². The number of ketones is 1. The first-order valence-electron chi connectivity index (χ1n) is 4.68. The molecule has 0 radical (unpaired) electrons. The van der Waals surface area contributed by atoms with Crippen molar-refractivity contribution in [1.29, 1.82) is 0 Å². The molecule has 0 aromatic heterocycles. The fourth-order valence-electron chi connectivity index (χ4n) is 1.27. The number of hydrogen-bond donors (Lipinski definition) is 2. The van der Waals surface area contributed by atoms with E-state index in [1.807, 2.05) is 30.3 Å². The van der Waals surface area contributed by atoms with Gasteiger partial charge in [-0.2, -0.15) is 0 Å². The van der Waals surface area contributed by atoms with E-state index in [0.717, 1.165) is 5.56 Å². The summed E-state index contributed by atoms with van der Waals surface area (Å²) in [5.41, 5.74) is 0.786. The van der Waals surface area contributed by atoms with Gasteiger partial charge in [0.15, 0.2) is 5.78 Å². The van der Waals surface area contributed by atoms with Crippen LogP contribution in [0.3, 0.4) is 0 Å². The summed E-state index contributed by atoms with van der Waals surface area (Å²) in [6.45, 7) is 1.45. The summed E-state index contributed by atoms with van der Waals surface area (Å²) in [4.78, 5) is 22.5. The molecule has 0 saturated carbocycles. The van der Waals surface area contributed by atoms with Gasteiger partial charge in [-0.05, 0) is 12.5 Å². The van der Waals surface area contributed by atoms with Gasteiger partial charge in [0, 0.05) is 7.05 Å². The molecule has 4 heteroatoms. The first kappa shape index (κ1) is 11.2. The van der Waals surface area contributed by atoms with Crippen LogP contribution in [-0.4, -0.2) is 18.9 Å². The van der Waals surface area contributed by atoms with Crippen molar-refractivity contribution in [3.05, 3.63) is 35.9 Å². The Kier molecular flexibility index (Phi) is 3.85. The van der Waals surface area contributed by atoms with Gasteiger partial charge in [0.1, 0.15) is 6.04 Å².